The van der Waals surface area contributed by atoms with E-state index >= 15 is 0 Å². The Morgan fingerprint density at radius 2 is 2.45 bits per heavy atom. The molecule has 0 saturated heterocycles. The number of nitrogens with two attached hydrogens (primary N) is 1. The molecule has 1 aromatic rings. The van der Waals surface area contributed by atoms with Crippen molar-refractivity contribution in [2.45, 2.75) is 13.0 Å². The topological polar surface area (TPSA) is 71.2 Å². The first-order chi connectivity index (χ1) is 5.24. The molecule has 0 amide bonds. The van der Waals surface area contributed by atoms with E-state index in [0.29, 0.717) is 5.82 Å². The predicted octanol–water partition coefficient (Wildman–Crippen LogP) is 0.421. The van der Waals surface area contributed by atoms with Crippen LogP contribution in [0.15, 0.2) is 18.3 Å². The minimum Gasteiger partial charge on any atom is -0.389 e. The zero-order chi connectivity index (χ0) is 8.27. The minimum atomic E-state index is -0.481. The van der Waals surface area contributed by atoms with Crippen molar-refractivity contribution in [1.82, 2.24) is 4.98 Å². The zero-order valence-corrected chi connectivity index (χ0v) is 6.28. The van der Waals surface area contributed by atoms with E-state index in [0.717, 1.165) is 5.56 Å². The van der Waals surface area contributed by atoms with Crippen molar-refractivity contribution in [2.24, 2.45) is 5.84 Å². The lowest BCUT2D eigenvalue weighted by atomic mass is 10.2. The van der Waals surface area contributed by atoms with Crippen LogP contribution in [0.4, 0.5) is 5.82 Å². The Kier molecular flexibility index (Phi) is 2.40. The predicted molar refractivity (Wildman–Crippen MR) is 42.7 cm³/mol. The number of rotatable bonds is 2. The highest BCUT2D eigenvalue weighted by Crippen LogP contribution is 2.13. The van der Waals surface area contributed by atoms with Gasteiger partial charge in [-0.2, -0.15) is 0 Å². The monoisotopic (exact) mass is 153 g/mol. The van der Waals surface area contributed by atoms with E-state index < -0.39 is 6.10 Å². The Morgan fingerprint density at radius 3 is 3.00 bits per heavy atom. The molecule has 4 N–H and O–H groups in total. The molecule has 0 radical (unpaired) electrons. The van der Waals surface area contributed by atoms with Gasteiger partial charge >= 0.3 is 0 Å². The molecule has 1 aromatic heterocycles. The number of anilines is 1. The van der Waals surface area contributed by atoms with E-state index in [2.05, 4.69) is 10.4 Å². The molecule has 0 saturated carbocycles. The molecule has 11 heavy (non-hydrogen) atoms. The molecule has 1 heterocycles. The summed E-state index contributed by atoms with van der Waals surface area (Å²) in [4.78, 5) is 3.89. The molecule has 60 valence electrons. The number of nitrogens with zero attached hydrogens (tertiary/aromatic N) is 1. The average molecular weight is 153 g/mol. The molecule has 0 spiro atoms. The highest BCUT2D eigenvalue weighted by atomic mass is 16.3. The third kappa shape index (κ3) is 1.89. The van der Waals surface area contributed by atoms with Crippen molar-refractivity contribution in [1.29, 1.82) is 0 Å². The van der Waals surface area contributed by atoms with Crippen LogP contribution in [0.1, 0.15) is 18.6 Å². The Labute approximate surface area is 65.0 Å². The number of hydrazine groups is 1. The van der Waals surface area contributed by atoms with Gasteiger partial charge in [0.2, 0.25) is 0 Å². The zero-order valence-electron chi connectivity index (χ0n) is 6.28. The summed E-state index contributed by atoms with van der Waals surface area (Å²) in [6.45, 7) is 1.69. The number of aromatic nitrogens is 1. The van der Waals surface area contributed by atoms with Crippen LogP contribution in [-0.4, -0.2) is 10.1 Å². The van der Waals surface area contributed by atoms with Gasteiger partial charge < -0.3 is 10.5 Å². The third-order valence-corrected chi connectivity index (χ3v) is 1.41. The van der Waals surface area contributed by atoms with Gasteiger partial charge in [-0.3, -0.25) is 0 Å². The van der Waals surface area contributed by atoms with Gasteiger partial charge in [0.15, 0.2) is 0 Å². The molecule has 0 aliphatic rings. The number of aliphatic hydroxyl groups is 1. The van der Waals surface area contributed by atoms with Crippen LogP contribution in [0, 0.1) is 0 Å². The van der Waals surface area contributed by atoms with E-state index in [1.165, 1.54) is 0 Å². The van der Waals surface area contributed by atoms with Crippen LogP contribution in [0.2, 0.25) is 0 Å². The summed E-state index contributed by atoms with van der Waals surface area (Å²) in [5.74, 6) is 5.68. The maximum atomic E-state index is 9.15. The van der Waals surface area contributed by atoms with Gasteiger partial charge in [-0.25, -0.2) is 10.8 Å². The van der Waals surface area contributed by atoms with E-state index in [1.807, 2.05) is 0 Å². The van der Waals surface area contributed by atoms with Crippen LogP contribution in [-0.2, 0) is 0 Å². The van der Waals surface area contributed by atoms with Crippen molar-refractivity contribution >= 4 is 5.82 Å². The molecule has 0 aromatic carbocycles. The van der Waals surface area contributed by atoms with Crippen LogP contribution in [0.3, 0.4) is 0 Å². The molecular weight excluding hydrogens is 142 g/mol. The van der Waals surface area contributed by atoms with Crippen molar-refractivity contribution in [3.63, 3.8) is 0 Å². The Bertz CT molecular complexity index is 237. The average Bonchev–Trinajstić information content (AvgIpc) is 2.05. The first kappa shape index (κ1) is 7.97. The molecule has 4 heteroatoms. The van der Waals surface area contributed by atoms with E-state index in [4.69, 9.17) is 10.9 Å². The van der Waals surface area contributed by atoms with Crippen molar-refractivity contribution < 1.29 is 5.11 Å². The molecule has 0 fully saturated rings. The van der Waals surface area contributed by atoms with Crippen LogP contribution >= 0.6 is 0 Å². The smallest absolute Gasteiger partial charge is 0.140 e. The number of nitrogens with one attached hydrogen (secondary N) is 1. The summed E-state index contributed by atoms with van der Waals surface area (Å²) in [6, 6.07) is 3.44. The first-order valence-electron chi connectivity index (χ1n) is 3.34. The first-order valence-corrected chi connectivity index (χ1v) is 3.34. The normalized spacial score (nSPS) is 12.6. The lowest BCUT2D eigenvalue weighted by Gasteiger charge is -2.05. The third-order valence-electron chi connectivity index (χ3n) is 1.41. The summed E-state index contributed by atoms with van der Waals surface area (Å²) < 4.78 is 0. The van der Waals surface area contributed by atoms with Crippen LogP contribution in [0.5, 0.6) is 0 Å². The summed E-state index contributed by atoms with van der Waals surface area (Å²) in [5, 5.41) is 9.15. The summed E-state index contributed by atoms with van der Waals surface area (Å²) >= 11 is 0. The van der Waals surface area contributed by atoms with Gasteiger partial charge in [0.05, 0.1) is 6.10 Å². The lowest BCUT2D eigenvalue weighted by molar-refractivity contribution is 0.199. The van der Waals surface area contributed by atoms with E-state index in [9.17, 15) is 0 Å². The van der Waals surface area contributed by atoms with Gasteiger partial charge in [-0.1, -0.05) is 0 Å². The SMILES string of the molecule is CC(O)c1ccnc(NN)c1. The van der Waals surface area contributed by atoms with Gasteiger partial charge in [0.1, 0.15) is 5.82 Å². The van der Waals surface area contributed by atoms with Gasteiger partial charge in [0.25, 0.3) is 0 Å². The maximum absolute atomic E-state index is 9.15. The molecule has 4 nitrogen and oxygen atoms in total. The lowest BCUT2D eigenvalue weighted by Crippen LogP contribution is -2.08. The van der Waals surface area contributed by atoms with E-state index in [-0.39, 0.29) is 0 Å². The van der Waals surface area contributed by atoms with Gasteiger partial charge in [-0.05, 0) is 24.6 Å². The molecule has 1 unspecified atom stereocenters. The van der Waals surface area contributed by atoms with Crippen molar-refractivity contribution in [3.8, 4) is 0 Å². The quantitative estimate of drug-likeness (QED) is 0.425. The Morgan fingerprint density at radius 1 is 1.73 bits per heavy atom. The van der Waals surface area contributed by atoms with Gasteiger partial charge in [-0.15, -0.1) is 0 Å². The second kappa shape index (κ2) is 3.32. The molecule has 0 aliphatic heterocycles. The fourth-order valence-electron chi connectivity index (χ4n) is 0.786. The standard InChI is InChI=1S/C7H11N3O/c1-5(11)6-2-3-9-7(4-6)10-8/h2-5,11H,8H2,1H3,(H,9,10). The Balaban J connectivity index is 2.91. The maximum Gasteiger partial charge on any atom is 0.140 e. The highest BCUT2D eigenvalue weighted by molar-refractivity contribution is 5.36. The van der Waals surface area contributed by atoms with Crippen molar-refractivity contribution in [3.05, 3.63) is 23.9 Å². The summed E-state index contributed by atoms with van der Waals surface area (Å²) in [7, 11) is 0. The fraction of sp³-hybridized carbons (Fsp3) is 0.286. The Hall–Kier alpha value is -1.13. The second-order valence-electron chi connectivity index (χ2n) is 2.29. The summed E-state index contributed by atoms with van der Waals surface area (Å²) in [6.07, 6.45) is 1.11. The number of pyridine rings is 1. The molecule has 1 rings (SSSR count). The van der Waals surface area contributed by atoms with Gasteiger partial charge in [0, 0.05) is 6.20 Å². The van der Waals surface area contributed by atoms with Crippen LogP contribution < -0.4 is 11.3 Å². The summed E-state index contributed by atoms with van der Waals surface area (Å²) in [5.41, 5.74) is 3.20. The number of aliphatic hydroxyl groups excluding tert-OH is 1. The fourth-order valence-corrected chi connectivity index (χ4v) is 0.786. The molecular formula is C7H11N3O. The number of hydrogen-bond acceptors (Lipinski definition) is 4. The van der Waals surface area contributed by atoms with Crippen molar-refractivity contribution in [2.75, 3.05) is 5.43 Å². The highest BCUT2D eigenvalue weighted by Gasteiger charge is 2.00. The molecule has 0 aliphatic carbocycles. The number of nitrogen functional groups attached to an aromatic ring is 1. The second-order valence-corrected chi connectivity index (χ2v) is 2.29. The molecule has 1 atom stereocenters. The minimum absolute atomic E-state index is 0.481. The number of hydrogen-bond donors (Lipinski definition) is 3. The van der Waals surface area contributed by atoms with Crippen LogP contribution in [0.25, 0.3) is 0 Å². The van der Waals surface area contributed by atoms with E-state index in [1.54, 1.807) is 25.3 Å². The largest absolute Gasteiger partial charge is 0.389 e. The molecule has 0 bridgehead atoms.